The van der Waals surface area contributed by atoms with Gasteiger partial charge in [0.25, 0.3) is 5.91 Å². The number of aryl methyl sites for hydroxylation is 1. The number of nitrogens with zero attached hydrogens (tertiary/aromatic N) is 1. The maximum Gasteiger partial charge on any atom is 0.328 e. The molecule has 1 heterocycles. The van der Waals surface area contributed by atoms with E-state index in [2.05, 4.69) is 0 Å². The fraction of sp³-hybridized carbons (Fsp3) is 0.704. The summed E-state index contributed by atoms with van der Waals surface area (Å²) in [6.45, 7) is 0.802. The first-order chi connectivity index (χ1) is 17.0. The number of aliphatic hydroxyl groups is 1. The summed E-state index contributed by atoms with van der Waals surface area (Å²) in [6, 6.07) is 3.26. The number of unbranched alkanes of at least 4 members (excludes halogenated alkanes) is 1. The molecule has 1 amide bonds. The number of esters is 1. The van der Waals surface area contributed by atoms with E-state index in [4.69, 9.17) is 18.9 Å². The topological polar surface area (TPSA) is 94.5 Å². The predicted molar refractivity (Wildman–Crippen MR) is 132 cm³/mol. The van der Waals surface area contributed by atoms with Crippen LogP contribution in [0.5, 0.6) is 17.2 Å². The Labute approximate surface area is 208 Å². The number of ether oxygens (including phenoxy) is 4. The van der Waals surface area contributed by atoms with Crippen molar-refractivity contribution in [1.29, 1.82) is 0 Å². The van der Waals surface area contributed by atoms with Crippen molar-refractivity contribution in [2.45, 2.75) is 82.8 Å². The third-order valence-electron chi connectivity index (χ3n) is 7.24. The maximum atomic E-state index is 13.0. The van der Waals surface area contributed by atoms with E-state index in [-0.39, 0.29) is 17.8 Å². The van der Waals surface area contributed by atoms with Crippen LogP contribution in [0.1, 0.15) is 69.8 Å². The van der Waals surface area contributed by atoms with Gasteiger partial charge in [-0.25, -0.2) is 4.79 Å². The van der Waals surface area contributed by atoms with Crippen LogP contribution in [0, 0.1) is 5.92 Å². The molecule has 1 saturated carbocycles. The first kappa shape index (κ1) is 27.1. The SMILES string of the molecule is COc1cc(CCCCOC(=O)C2CCCCN2C(=O)C(O)C2CCCCC2)cc(OC)c1OC. The molecule has 1 saturated heterocycles. The molecule has 2 atom stereocenters. The number of hydrogen-bond donors (Lipinski definition) is 1. The van der Waals surface area contributed by atoms with E-state index >= 15 is 0 Å². The van der Waals surface area contributed by atoms with Crippen molar-refractivity contribution in [2.24, 2.45) is 5.92 Å². The molecule has 1 aromatic rings. The molecule has 1 aliphatic heterocycles. The van der Waals surface area contributed by atoms with E-state index in [9.17, 15) is 14.7 Å². The highest BCUT2D eigenvalue weighted by Crippen LogP contribution is 2.38. The van der Waals surface area contributed by atoms with Gasteiger partial charge >= 0.3 is 5.97 Å². The van der Waals surface area contributed by atoms with Crippen molar-refractivity contribution < 1.29 is 33.6 Å². The molecule has 1 aromatic carbocycles. The summed E-state index contributed by atoms with van der Waals surface area (Å²) in [5.74, 6) is 1.14. The molecule has 196 valence electrons. The minimum absolute atomic E-state index is 0.00468. The van der Waals surface area contributed by atoms with Gasteiger partial charge in [-0.15, -0.1) is 0 Å². The predicted octanol–water partition coefficient (Wildman–Crippen LogP) is 3.90. The third-order valence-corrected chi connectivity index (χ3v) is 7.24. The summed E-state index contributed by atoms with van der Waals surface area (Å²) in [4.78, 5) is 27.4. The molecule has 1 N–H and O–H groups in total. The molecule has 3 rings (SSSR count). The fourth-order valence-electron chi connectivity index (χ4n) is 5.24. The van der Waals surface area contributed by atoms with Crippen molar-refractivity contribution >= 4 is 11.9 Å². The number of carbonyl (C=O) groups excluding carboxylic acids is 2. The van der Waals surface area contributed by atoms with Gasteiger partial charge in [0.2, 0.25) is 5.75 Å². The standard InChI is InChI=1S/C27H41NO7/c1-32-22-17-19(18-23(33-2)25(22)34-3)11-8-10-16-35-27(31)21-14-7-9-15-28(21)26(30)24(29)20-12-5-4-6-13-20/h17-18,20-21,24,29H,4-16H2,1-3H3. The summed E-state index contributed by atoms with van der Waals surface area (Å²) in [6.07, 6.45) is 8.62. The van der Waals surface area contributed by atoms with Gasteiger partial charge in [0, 0.05) is 6.54 Å². The Morgan fingerprint density at radius 2 is 1.60 bits per heavy atom. The highest BCUT2D eigenvalue weighted by atomic mass is 16.5. The minimum atomic E-state index is -1.01. The van der Waals surface area contributed by atoms with Crippen LogP contribution in [0.2, 0.25) is 0 Å². The Kier molecular flexibility index (Phi) is 10.5. The molecule has 2 unspecified atom stereocenters. The molecule has 0 spiro atoms. The lowest BCUT2D eigenvalue weighted by molar-refractivity contribution is -0.161. The highest BCUT2D eigenvalue weighted by molar-refractivity contribution is 5.87. The quantitative estimate of drug-likeness (QED) is 0.371. The van der Waals surface area contributed by atoms with Gasteiger partial charge in [-0.05, 0) is 75.0 Å². The number of amides is 1. The van der Waals surface area contributed by atoms with E-state index in [0.717, 1.165) is 63.4 Å². The van der Waals surface area contributed by atoms with Crippen LogP contribution >= 0.6 is 0 Å². The molecule has 0 bridgehead atoms. The van der Waals surface area contributed by atoms with Crippen LogP contribution in [0.25, 0.3) is 0 Å². The molecule has 8 nitrogen and oxygen atoms in total. The number of benzene rings is 1. The molecule has 0 aromatic heterocycles. The first-order valence-corrected chi connectivity index (χ1v) is 12.9. The molecule has 35 heavy (non-hydrogen) atoms. The highest BCUT2D eigenvalue weighted by Gasteiger charge is 2.38. The number of aliphatic hydroxyl groups excluding tert-OH is 1. The van der Waals surface area contributed by atoms with Crippen molar-refractivity contribution in [3.8, 4) is 17.2 Å². The van der Waals surface area contributed by atoms with Crippen LogP contribution in [0.4, 0.5) is 0 Å². The van der Waals surface area contributed by atoms with Crippen molar-refractivity contribution in [1.82, 2.24) is 4.90 Å². The molecule has 0 radical (unpaired) electrons. The number of piperidine rings is 1. The van der Waals surface area contributed by atoms with Crippen molar-refractivity contribution in [3.63, 3.8) is 0 Å². The summed E-state index contributed by atoms with van der Waals surface area (Å²) in [5, 5.41) is 10.7. The number of methoxy groups -OCH3 is 3. The maximum absolute atomic E-state index is 13.0. The Morgan fingerprint density at radius 3 is 2.23 bits per heavy atom. The molecular formula is C27H41NO7. The van der Waals surface area contributed by atoms with E-state index in [1.165, 1.54) is 0 Å². The minimum Gasteiger partial charge on any atom is -0.493 e. The van der Waals surface area contributed by atoms with Gasteiger partial charge < -0.3 is 29.0 Å². The second-order valence-corrected chi connectivity index (χ2v) is 9.54. The fourth-order valence-corrected chi connectivity index (χ4v) is 5.24. The lowest BCUT2D eigenvalue weighted by Crippen LogP contribution is -2.53. The lowest BCUT2D eigenvalue weighted by Gasteiger charge is -2.37. The van der Waals surface area contributed by atoms with E-state index in [1.807, 2.05) is 12.1 Å². The first-order valence-electron chi connectivity index (χ1n) is 12.9. The Morgan fingerprint density at radius 1 is 0.943 bits per heavy atom. The second-order valence-electron chi connectivity index (χ2n) is 9.54. The third kappa shape index (κ3) is 7.03. The van der Waals surface area contributed by atoms with Gasteiger partial charge in [0.15, 0.2) is 11.5 Å². The summed E-state index contributed by atoms with van der Waals surface area (Å²) in [5.41, 5.74) is 1.05. The zero-order valence-electron chi connectivity index (χ0n) is 21.4. The van der Waals surface area contributed by atoms with Gasteiger partial charge in [-0.3, -0.25) is 4.79 Å². The normalized spacial score (nSPS) is 19.7. The molecule has 8 heteroatoms. The zero-order chi connectivity index (χ0) is 25.2. The molecule has 2 fully saturated rings. The lowest BCUT2D eigenvalue weighted by atomic mass is 9.84. The number of rotatable bonds is 11. The smallest absolute Gasteiger partial charge is 0.328 e. The average Bonchev–Trinajstić information content (AvgIpc) is 2.91. The Balaban J connectivity index is 1.48. The van der Waals surface area contributed by atoms with Crippen LogP contribution < -0.4 is 14.2 Å². The van der Waals surface area contributed by atoms with Crippen LogP contribution in [-0.4, -0.2) is 68.5 Å². The van der Waals surface area contributed by atoms with Crippen LogP contribution in [-0.2, 0) is 20.7 Å². The summed E-state index contributed by atoms with van der Waals surface area (Å²) < 4.78 is 21.7. The molecule has 1 aliphatic carbocycles. The van der Waals surface area contributed by atoms with E-state index < -0.39 is 12.1 Å². The molecule has 2 aliphatic rings. The molecular weight excluding hydrogens is 450 g/mol. The van der Waals surface area contributed by atoms with Gasteiger partial charge in [0.05, 0.1) is 27.9 Å². The monoisotopic (exact) mass is 491 g/mol. The second kappa shape index (κ2) is 13.6. The summed E-state index contributed by atoms with van der Waals surface area (Å²) >= 11 is 0. The number of carbonyl (C=O) groups is 2. The average molecular weight is 492 g/mol. The number of hydrogen-bond acceptors (Lipinski definition) is 7. The largest absolute Gasteiger partial charge is 0.493 e. The van der Waals surface area contributed by atoms with E-state index in [1.54, 1.807) is 26.2 Å². The van der Waals surface area contributed by atoms with E-state index in [0.29, 0.717) is 43.2 Å². The number of likely N-dealkylation sites (tertiary alicyclic amines) is 1. The van der Waals surface area contributed by atoms with Crippen LogP contribution in [0.15, 0.2) is 12.1 Å². The van der Waals surface area contributed by atoms with Gasteiger partial charge in [-0.2, -0.15) is 0 Å². The zero-order valence-corrected chi connectivity index (χ0v) is 21.4. The van der Waals surface area contributed by atoms with Crippen molar-refractivity contribution in [3.05, 3.63) is 17.7 Å². The van der Waals surface area contributed by atoms with Crippen molar-refractivity contribution in [2.75, 3.05) is 34.5 Å². The van der Waals surface area contributed by atoms with Gasteiger partial charge in [-0.1, -0.05) is 19.3 Å². The summed E-state index contributed by atoms with van der Waals surface area (Å²) in [7, 11) is 4.76. The Bertz CT molecular complexity index is 812. The van der Waals surface area contributed by atoms with Gasteiger partial charge in [0.1, 0.15) is 12.1 Å². The van der Waals surface area contributed by atoms with Crippen LogP contribution in [0.3, 0.4) is 0 Å². The Hall–Kier alpha value is -2.48.